The maximum Gasteiger partial charge on any atom is 0.237 e. The van der Waals surface area contributed by atoms with Crippen molar-refractivity contribution in [1.82, 2.24) is 5.32 Å². The Morgan fingerprint density at radius 2 is 2.42 bits per heavy atom. The van der Waals surface area contributed by atoms with Gasteiger partial charge in [0.2, 0.25) is 5.91 Å². The molecule has 0 heterocycles. The number of carbonyl (C=O) groups is 1. The van der Waals surface area contributed by atoms with Crippen LogP contribution in [-0.2, 0) is 4.79 Å². The van der Waals surface area contributed by atoms with Crippen molar-refractivity contribution in [3.05, 3.63) is 0 Å². The van der Waals surface area contributed by atoms with Crippen LogP contribution in [0.15, 0.2) is 0 Å². The maximum absolute atomic E-state index is 11.1. The van der Waals surface area contributed by atoms with Crippen molar-refractivity contribution in [2.24, 2.45) is 11.8 Å². The minimum Gasteiger partial charge on any atom is -0.355 e. The third-order valence-corrected chi connectivity index (χ3v) is 2.38. The van der Waals surface area contributed by atoms with E-state index in [1.807, 2.05) is 6.07 Å². The Balaban J connectivity index is 2.14. The summed E-state index contributed by atoms with van der Waals surface area (Å²) in [6.07, 6.45) is 3.73. The van der Waals surface area contributed by atoms with E-state index in [1.165, 1.54) is 19.3 Å². The van der Waals surface area contributed by atoms with Gasteiger partial charge in [0, 0.05) is 6.54 Å². The fourth-order valence-electron chi connectivity index (χ4n) is 1.15. The highest BCUT2D eigenvalue weighted by Crippen LogP contribution is 2.25. The highest BCUT2D eigenvalue weighted by molar-refractivity contribution is 5.80. The lowest BCUT2D eigenvalue weighted by atomic mass is 9.85. The van der Waals surface area contributed by atoms with Crippen molar-refractivity contribution in [3.63, 3.8) is 0 Å². The van der Waals surface area contributed by atoms with E-state index in [9.17, 15) is 4.79 Å². The standard InChI is InChI=1S/C9H14N2O/c1-7(5-10)9(12)11-6-8-3-2-4-8/h7-8H,2-4,6H2,1H3,(H,11,12). The second kappa shape index (κ2) is 4.10. The van der Waals surface area contributed by atoms with Gasteiger partial charge < -0.3 is 5.32 Å². The molecule has 0 radical (unpaired) electrons. The fraction of sp³-hybridized carbons (Fsp3) is 0.778. The monoisotopic (exact) mass is 166 g/mol. The first-order valence-corrected chi connectivity index (χ1v) is 4.41. The number of amides is 1. The summed E-state index contributed by atoms with van der Waals surface area (Å²) < 4.78 is 0. The molecule has 1 aliphatic rings. The third kappa shape index (κ3) is 2.23. The number of carbonyl (C=O) groups excluding carboxylic acids is 1. The summed E-state index contributed by atoms with van der Waals surface area (Å²) in [6.45, 7) is 2.38. The molecule has 0 aromatic carbocycles. The van der Waals surface area contributed by atoms with Gasteiger partial charge in [-0.05, 0) is 25.7 Å². The van der Waals surface area contributed by atoms with Crippen molar-refractivity contribution in [1.29, 1.82) is 5.26 Å². The summed E-state index contributed by atoms with van der Waals surface area (Å²) in [4.78, 5) is 11.1. The summed E-state index contributed by atoms with van der Waals surface area (Å²) in [6, 6.07) is 1.91. The van der Waals surface area contributed by atoms with Crippen LogP contribution in [-0.4, -0.2) is 12.5 Å². The van der Waals surface area contributed by atoms with Crippen molar-refractivity contribution >= 4 is 5.91 Å². The topological polar surface area (TPSA) is 52.9 Å². The van der Waals surface area contributed by atoms with E-state index in [0.717, 1.165) is 6.54 Å². The average Bonchev–Trinajstić information content (AvgIpc) is 2.00. The molecule has 1 atom stereocenters. The second-order valence-corrected chi connectivity index (χ2v) is 3.39. The first-order valence-electron chi connectivity index (χ1n) is 4.41. The summed E-state index contributed by atoms with van der Waals surface area (Å²) in [5, 5.41) is 11.2. The minimum absolute atomic E-state index is 0.135. The Morgan fingerprint density at radius 3 is 2.83 bits per heavy atom. The Labute approximate surface area is 72.8 Å². The van der Waals surface area contributed by atoms with Crippen LogP contribution in [0.1, 0.15) is 26.2 Å². The molecule has 1 rings (SSSR count). The number of hydrogen-bond acceptors (Lipinski definition) is 2. The van der Waals surface area contributed by atoms with Crippen LogP contribution >= 0.6 is 0 Å². The van der Waals surface area contributed by atoms with Gasteiger partial charge in [-0.15, -0.1) is 0 Å². The van der Waals surface area contributed by atoms with Crippen molar-refractivity contribution in [3.8, 4) is 6.07 Å². The molecule has 12 heavy (non-hydrogen) atoms. The Morgan fingerprint density at radius 1 is 1.75 bits per heavy atom. The zero-order valence-corrected chi connectivity index (χ0v) is 7.34. The lowest BCUT2D eigenvalue weighted by Crippen LogP contribution is -2.34. The van der Waals surface area contributed by atoms with Crippen LogP contribution in [0.5, 0.6) is 0 Å². The molecular formula is C9H14N2O. The van der Waals surface area contributed by atoms with Gasteiger partial charge in [-0.1, -0.05) is 6.42 Å². The van der Waals surface area contributed by atoms with E-state index in [-0.39, 0.29) is 5.91 Å². The van der Waals surface area contributed by atoms with E-state index < -0.39 is 5.92 Å². The largest absolute Gasteiger partial charge is 0.355 e. The van der Waals surface area contributed by atoms with E-state index in [0.29, 0.717) is 5.92 Å². The molecule has 3 heteroatoms. The third-order valence-electron chi connectivity index (χ3n) is 2.38. The van der Waals surface area contributed by atoms with Gasteiger partial charge in [-0.25, -0.2) is 0 Å². The van der Waals surface area contributed by atoms with E-state index >= 15 is 0 Å². The van der Waals surface area contributed by atoms with Crippen molar-refractivity contribution in [2.75, 3.05) is 6.54 Å². The molecule has 1 N–H and O–H groups in total. The number of nitrogens with one attached hydrogen (secondary N) is 1. The SMILES string of the molecule is CC(C#N)C(=O)NCC1CCC1. The van der Waals surface area contributed by atoms with E-state index in [1.54, 1.807) is 6.92 Å². The summed E-state index contributed by atoms with van der Waals surface area (Å²) in [5.41, 5.74) is 0. The summed E-state index contributed by atoms with van der Waals surface area (Å²) in [5.74, 6) is 0.0225. The van der Waals surface area contributed by atoms with Gasteiger partial charge in [-0.3, -0.25) is 4.79 Å². The summed E-state index contributed by atoms with van der Waals surface area (Å²) >= 11 is 0. The van der Waals surface area contributed by atoms with Crippen LogP contribution in [0.25, 0.3) is 0 Å². The lowest BCUT2D eigenvalue weighted by Gasteiger charge is -2.25. The highest BCUT2D eigenvalue weighted by Gasteiger charge is 2.19. The first kappa shape index (κ1) is 9.05. The van der Waals surface area contributed by atoms with Gasteiger partial charge in [0.1, 0.15) is 5.92 Å². The van der Waals surface area contributed by atoms with Gasteiger partial charge in [0.15, 0.2) is 0 Å². The molecule has 3 nitrogen and oxygen atoms in total. The fourth-order valence-corrected chi connectivity index (χ4v) is 1.15. The molecule has 0 saturated heterocycles. The normalized spacial score (nSPS) is 19.0. The van der Waals surface area contributed by atoms with Crippen molar-refractivity contribution < 1.29 is 4.79 Å². The average molecular weight is 166 g/mol. The van der Waals surface area contributed by atoms with E-state index in [2.05, 4.69) is 5.32 Å². The van der Waals surface area contributed by atoms with Crippen LogP contribution in [0.4, 0.5) is 0 Å². The molecule has 0 aromatic heterocycles. The molecule has 1 saturated carbocycles. The molecule has 0 aromatic rings. The molecule has 1 fully saturated rings. The molecular weight excluding hydrogens is 152 g/mol. The quantitative estimate of drug-likeness (QED) is 0.681. The molecule has 0 aliphatic heterocycles. The maximum atomic E-state index is 11.1. The Kier molecular flexibility index (Phi) is 3.09. The van der Waals surface area contributed by atoms with Gasteiger partial charge >= 0.3 is 0 Å². The Bertz CT molecular complexity index is 203. The van der Waals surface area contributed by atoms with Crippen LogP contribution in [0, 0.1) is 23.2 Å². The Hall–Kier alpha value is -1.04. The number of hydrogen-bond donors (Lipinski definition) is 1. The molecule has 1 unspecified atom stereocenters. The molecule has 0 spiro atoms. The lowest BCUT2D eigenvalue weighted by molar-refractivity contribution is -0.123. The molecule has 1 amide bonds. The van der Waals surface area contributed by atoms with Crippen LogP contribution < -0.4 is 5.32 Å². The predicted molar refractivity (Wildman–Crippen MR) is 45.1 cm³/mol. The highest BCUT2D eigenvalue weighted by atomic mass is 16.1. The smallest absolute Gasteiger partial charge is 0.237 e. The predicted octanol–water partition coefficient (Wildman–Crippen LogP) is 1.06. The van der Waals surface area contributed by atoms with Crippen LogP contribution in [0.2, 0.25) is 0 Å². The van der Waals surface area contributed by atoms with E-state index in [4.69, 9.17) is 5.26 Å². The number of rotatable bonds is 3. The van der Waals surface area contributed by atoms with Crippen LogP contribution in [0.3, 0.4) is 0 Å². The van der Waals surface area contributed by atoms with Gasteiger partial charge in [0.05, 0.1) is 6.07 Å². The number of nitrogens with zero attached hydrogens (tertiary/aromatic N) is 1. The molecule has 0 bridgehead atoms. The van der Waals surface area contributed by atoms with Gasteiger partial charge in [0.25, 0.3) is 0 Å². The first-order chi connectivity index (χ1) is 5.74. The zero-order chi connectivity index (χ0) is 8.97. The second-order valence-electron chi connectivity index (χ2n) is 3.39. The minimum atomic E-state index is -0.509. The summed E-state index contributed by atoms with van der Waals surface area (Å²) in [7, 11) is 0. The molecule has 1 aliphatic carbocycles. The molecule has 66 valence electrons. The number of nitriles is 1. The van der Waals surface area contributed by atoms with Crippen molar-refractivity contribution in [2.45, 2.75) is 26.2 Å². The zero-order valence-electron chi connectivity index (χ0n) is 7.34. The van der Waals surface area contributed by atoms with Gasteiger partial charge in [-0.2, -0.15) is 5.26 Å².